The van der Waals surface area contributed by atoms with Crippen molar-refractivity contribution in [3.63, 3.8) is 0 Å². The van der Waals surface area contributed by atoms with Gasteiger partial charge >= 0.3 is 0 Å². The van der Waals surface area contributed by atoms with Crippen LogP contribution in [0, 0.1) is 0 Å². The molecule has 0 unspecified atom stereocenters. The van der Waals surface area contributed by atoms with Gasteiger partial charge in [0.2, 0.25) is 0 Å². The second kappa shape index (κ2) is 7.42. The number of hydrogen-bond acceptors (Lipinski definition) is 3. The molecule has 3 rings (SSSR count). The first kappa shape index (κ1) is 15.1. The smallest absolute Gasteiger partial charge is 0.172 e. The lowest BCUT2D eigenvalue weighted by molar-refractivity contribution is 0.684. The Kier molecular flexibility index (Phi) is 5.08. The average molecular weight is 328 g/mol. The van der Waals surface area contributed by atoms with Gasteiger partial charge < -0.3 is 0 Å². The van der Waals surface area contributed by atoms with Crippen molar-refractivity contribution in [3.05, 3.63) is 73.1 Å². The number of aromatic nitrogens is 2. The van der Waals surface area contributed by atoms with Gasteiger partial charge in [-0.05, 0) is 24.3 Å². The molecule has 0 fully saturated rings. The Hall–Kier alpha value is -1.85. The van der Waals surface area contributed by atoms with Crippen LogP contribution < -0.4 is 0 Å². The third-order valence-electron chi connectivity index (χ3n) is 3.15. The van der Waals surface area contributed by atoms with Crippen LogP contribution in [-0.4, -0.2) is 25.3 Å². The maximum Gasteiger partial charge on any atom is 0.172 e. The molecule has 0 saturated heterocycles. The summed E-state index contributed by atoms with van der Waals surface area (Å²) in [6.45, 7) is 0. The van der Waals surface area contributed by atoms with E-state index in [2.05, 4.69) is 9.55 Å². The second-order valence-electron chi connectivity index (χ2n) is 4.63. The number of imidazole rings is 1. The maximum atomic E-state index is 12.2. The van der Waals surface area contributed by atoms with E-state index in [1.807, 2.05) is 66.9 Å². The van der Waals surface area contributed by atoms with Crippen LogP contribution in [0.2, 0.25) is 0 Å². The average Bonchev–Trinajstić information content (AvgIpc) is 3.05. The molecule has 0 bridgehead atoms. The fourth-order valence-corrected chi connectivity index (χ4v) is 4.34. The highest BCUT2D eigenvalue weighted by Gasteiger charge is 2.07. The van der Waals surface area contributed by atoms with Gasteiger partial charge in [0.25, 0.3) is 0 Å². The first-order valence-corrected chi connectivity index (χ1v) is 9.30. The van der Waals surface area contributed by atoms with Crippen LogP contribution in [-0.2, 0) is 10.8 Å². The summed E-state index contributed by atoms with van der Waals surface area (Å²) in [5.74, 6) is 1.39. The molecular weight excluding hydrogens is 312 g/mol. The molecule has 0 amide bonds. The van der Waals surface area contributed by atoms with Gasteiger partial charge in [0.15, 0.2) is 5.16 Å². The molecule has 1 atom stereocenters. The molecule has 0 aliphatic carbocycles. The number of benzene rings is 2. The summed E-state index contributed by atoms with van der Waals surface area (Å²) >= 11 is 1.63. The van der Waals surface area contributed by atoms with Crippen LogP contribution >= 0.6 is 11.8 Å². The highest BCUT2D eigenvalue weighted by atomic mass is 32.2. The van der Waals surface area contributed by atoms with Crippen molar-refractivity contribution in [1.29, 1.82) is 0 Å². The van der Waals surface area contributed by atoms with E-state index in [1.54, 1.807) is 18.0 Å². The molecular formula is C17H16N2OS2. The van der Waals surface area contributed by atoms with Crippen LogP contribution in [0.4, 0.5) is 0 Å². The summed E-state index contributed by atoms with van der Waals surface area (Å²) in [6, 6.07) is 19.7. The number of thioether (sulfide) groups is 1. The Balaban J connectivity index is 1.61. The highest BCUT2D eigenvalue weighted by Crippen LogP contribution is 2.20. The van der Waals surface area contributed by atoms with Crippen molar-refractivity contribution in [1.82, 2.24) is 9.55 Å². The zero-order valence-corrected chi connectivity index (χ0v) is 13.6. The quantitative estimate of drug-likeness (QED) is 0.646. The van der Waals surface area contributed by atoms with Crippen molar-refractivity contribution in [2.24, 2.45) is 0 Å². The minimum Gasteiger partial charge on any atom is -0.295 e. The van der Waals surface area contributed by atoms with Gasteiger partial charge in [0.05, 0.1) is 10.8 Å². The Morgan fingerprint density at radius 2 is 1.68 bits per heavy atom. The lowest BCUT2D eigenvalue weighted by Crippen LogP contribution is -2.02. The molecule has 2 aromatic carbocycles. The van der Waals surface area contributed by atoms with E-state index in [4.69, 9.17) is 0 Å². The molecule has 22 heavy (non-hydrogen) atoms. The molecule has 1 aromatic heterocycles. The van der Waals surface area contributed by atoms with Crippen molar-refractivity contribution in [3.8, 4) is 5.69 Å². The SMILES string of the molecule is O=[S@](CCSc1nccn1-c1ccccc1)c1ccccc1. The summed E-state index contributed by atoms with van der Waals surface area (Å²) in [4.78, 5) is 5.27. The van der Waals surface area contributed by atoms with Crippen molar-refractivity contribution in [2.45, 2.75) is 10.1 Å². The fourth-order valence-electron chi connectivity index (χ4n) is 2.08. The Bertz CT molecular complexity index is 742. The molecule has 5 heteroatoms. The van der Waals surface area contributed by atoms with E-state index >= 15 is 0 Å². The van der Waals surface area contributed by atoms with Gasteiger partial charge in [-0.3, -0.25) is 8.78 Å². The first-order chi connectivity index (χ1) is 10.8. The number of para-hydroxylation sites is 1. The molecule has 3 aromatic rings. The molecule has 0 aliphatic rings. The van der Waals surface area contributed by atoms with Gasteiger partial charge in [-0.25, -0.2) is 4.98 Å². The van der Waals surface area contributed by atoms with Crippen LogP contribution in [0.5, 0.6) is 0 Å². The lowest BCUT2D eigenvalue weighted by Gasteiger charge is -2.07. The topological polar surface area (TPSA) is 34.9 Å². The maximum absolute atomic E-state index is 12.2. The van der Waals surface area contributed by atoms with Crippen molar-refractivity contribution in [2.75, 3.05) is 11.5 Å². The predicted molar refractivity (Wildman–Crippen MR) is 92.0 cm³/mol. The molecule has 0 radical (unpaired) electrons. The summed E-state index contributed by atoms with van der Waals surface area (Å²) in [5, 5.41) is 0.927. The predicted octanol–water partition coefficient (Wildman–Crippen LogP) is 3.77. The summed E-state index contributed by atoms with van der Waals surface area (Å²) < 4.78 is 14.3. The van der Waals surface area contributed by atoms with E-state index in [1.165, 1.54) is 0 Å². The zero-order valence-electron chi connectivity index (χ0n) is 12.0. The molecule has 0 aliphatic heterocycles. The Labute approximate surface area is 136 Å². The van der Waals surface area contributed by atoms with E-state index in [-0.39, 0.29) is 0 Å². The van der Waals surface area contributed by atoms with Gasteiger partial charge in [-0.1, -0.05) is 48.2 Å². The minimum absolute atomic E-state index is 0.621. The summed E-state index contributed by atoms with van der Waals surface area (Å²) in [7, 11) is -0.954. The van der Waals surface area contributed by atoms with Crippen LogP contribution in [0.25, 0.3) is 5.69 Å². The summed E-state index contributed by atoms with van der Waals surface area (Å²) in [6.07, 6.45) is 3.75. The third kappa shape index (κ3) is 3.67. The standard InChI is InChI=1S/C17H16N2OS2/c20-22(16-9-5-2-6-10-16)14-13-21-17-18-11-12-19(17)15-7-3-1-4-8-15/h1-12H,13-14H2/t22-/m1/s1. The largest absolute Gasteiger partial charge is 0.295 e. The second-order valence-corrected chi connectivity index (χ2v) is 7.26. The Morgan fingerprint density at radius 3 is 2.41 bits per heavy atom. The lowest BCUT2D eigenvalue weighted by atomic mass is 10.3. The number of hydrogen-bond donors (Lipinski definition) is 0. The van der Waals surface area contributed by atoms with Gasteiger partial charge in [0, 0.05) is 34.5 Å². The van der Waals surface area contributed by atoms with E-state index in [0.29, 0.717) is 5.75 Å². The normalized spacial score (nSPS) is 12.2. The van der Waals surface area contributed by atoms with E-state index in [0.717, 1.165) is 21.5 Å². The van der Waals surface area contributed by atoms with Crippen LogP contribution in [0.15, 0.2) is 83.1 Å². The van der Waals surface area contributed by atoms with Crippen LogP contribution in [0.3, 0.4) is 0 Å². The van der Waals surface area contributed by atoms with Gasteiger partial charge in [-0.15, -0.1) is 0 Å². The van der Waals surface area contributed by atoms with E-state index in [9.17, 15) is 4.21 Å². The molecule has 0 saturated carbocycles. The molecule has 3 nitrogen and oxygen atoms in total. The molecule has 0 N–H and O–H groups in total. The zero-order chi connectivity index (χ0) is 15.2. The highest BCUT2D eigenvalue weighted by molar-refractivity contribution is 8.00. The summed E-state index contributed by atoms with van der Waals surface area (Å²) in [5.41, 5.74) is 1.09. The van der Waals surface area contributed by atoms with Crippen molar-refractivity contribution >= 4 is 22.6 Å². The van der Waals surface area contributed by atoms with Gasteiger partial charge in [0.1, 0.15) is 0 Å². The monoisotopic (exact) mass is 328 g/mol. The Morgan fingerprint density at radius 1 is 1.00 bits per heavy atom. The minimum atomic E-state index is -0.954. The molecule has 1 heterocycles. The number of rotatable bonds is 6. The molecule has 112 valence electrons. The van der Waals surface area contributed by atoms with E-state index < -0.39 is 10.8 Å². The van der Waals surface area contributed by atoms with Crippen LogP contribution in [0.1, 0.15) is 0 Å². The number of nitrogens with zero attached hydrogens (tertiary/aromatic N) is 2. The molecule has 0 spiro atoms. The first-order valence-electron chi connectivity index (χ1n) is 6.99. The van der Waals surface area contributed by atoms with Gasteiger partial charge in [-0.2, -0.15) is 0 Å². The van der Waals surface area contributed by atoms with Crippen molar-refractivity contribution < 1.29 is 4.21 Å². The fraction of sp³-hybridized carbons (Fsp3) is 0.118. The third-order valence-corrected chi connectivity index (χ3v) is 5.75.